The van der Waals surface area contributed by atoms with Gasteiger partial charge in [0.1, 0.15) is 0 Å². The Morgan fingerprint density at radius 3 is 1.59 bits per heavy atom. The molecule has 0 heterocycles. The van der Waals surface area contributed by atoms with Crippen LogP contribution in [0.5, 0.6) is 0 Å². The first-order valence-electron chi connectivity index (χ1n) is 9.24. The molecule has 4 nitrogen and oxygen atoms in total. The van der Waals surface area contributed by atoms with Crippen molar-refractivity contribution in [1.29, 1.82) is 0 Å². The fourth-order valence-electron chi connectivity index (χ4n) is 2.01. The van der Waals surface area contributed by atoms with E-state index in [0.717, 1.165) is 11.4 Å². The van der Waals surface area contributed by atoms with Gasteiger partial charge < -0.3 is 5.32 Å². The van der Waals surface area contributed by atoms with E-state index in [-0.39, 0.29) is 5.91 Å². The Hall–Kier alpha value is -3.27. The summed E-state index contributed by atoms with van der Waals surface area (Å²) < 4.78 is 0. The first-order valence-corrected chi connectivity index (χ1v) is 9.24. The standard InChI is InChI=1S/C19H15N3O.2C2H6/c23-19(20-16-7-3-1-4-8-16)15-11-13-18(14-12-15)22-21-17-9-5-2-6-10-17;2*1-2/h1-14H,(H,20,23);2*1-2H3. The largest absolute Gasteiger partial charge is 0.322 e. The van der Waals surface area contributed by atoms with Gasteiger partial charge in [-0.3, -0.25) is 4.79 Å². The van der Waals surface area contributed by atoms with Crippen molar-refractivity contribution in [2.24, 2.45) is 10.2 Å². The fourth-order valence-corrected chi connectivity index (χ4v) is 2.01. The van der Waals surface area contributed by atoms with Crippen LogP contribution in [0.15, 0.2) is 95.2 Å². The third-order valence-corrected chi connectivity index (χ3v) is 3.20. The smallest absolute Gasteiger partial charge is 0.255 e. The highest BCUT2D eigenvalue weighted by Crippen LogP contribution is 2.18. The number of nitrogens with one attached hydrogen (secondary N) is 1. The molecule has 140 valence electrons. The molecule has 0 aliphatic heterocycles. The zero-order chi connectivity index (χ0) is 19.9. The minimum Gasteiger partial charge on any atom is -0.322 e. The molecular weight excluding hydrogens is 334 g/mol. The molecule has 1 amide bonds. The summed E-state index contributed by atoms with van der Waals surface area (Å²) >= 11 is 0. The number of benzene rings is 3. The second-order valence-corrected chi connectivity index (χ2v) is 4.90. The van der Waals surface area contributed by atoms with Gasteiger partial charge in [-0.1, -0.05) is 64.1 Å². The second kappa shape index (κ2) is 13.0. The molecule has 0 fully saturated rings. The van der Waals surface area contributed by atoms with Gasteiger partial charge in [-0.15, -0.1) is 0 Å². The van der Waals surface area contributed by atoms with Gasteiger partial charge in [0, 0.05) is 11.3 Å². The van der Waals surface area contributed by atoms with E-state index < -0.39 is 0 Å². The monoisotopic (exact) mass is 361 g/mol. The number of carbonyl (C=O) groups excluding carboxylic acids is 1. The third-order valence-electron chi connectivity index (χ3n) is 3.20. The number of carbonyl (C=O) groups is 1. The Bertz CT molecular complexity index is 798. The lowest BCUT2D eigenvalue weighted by molar-refractivity contribution is 0.102. The number of azo groups is 1. The molecule has 0 spiro atoms. The Balaban J connectivity index is 0.000000855. The highest BCUT2D eigenvalue weighted by molar-refractivity contribution is 6.04. The molecule has 0 atom stereocenters. The Morgan fingerprint density at radius 2 is 1.07 bits per heavy atom. The van der Waals surface area contributed by atoms with Crippen molar-refractivity contribution >= 4 is 23.0 Å². The van der Waals surface area contributed by atoms with Crippen LogP contribution in [-0.2, 0) is 0 Å². The average Bonchev–Trinajstić information content (AvgIpc) is 2.77. The minimum atomic E-state index is -0.150. The summed E-state index contributed by atoms with van der Waals surface area (Å²) in [6, 6.07) is 25.9. The molecule has 0 aliphatic carbocycles. The maximum atomic E-state index is 12.1. The van der Waals surface area contributed by atoms with Gasteiger partial charge >= 0.3 is 0 Å². The van der Waals surface area contributed by atoms with Crippen molar-refractivity contribution < 1.29 is 4.79 Å². The van der Waals surface area contributed by atoms with E-state index in [1.54, 1.807) is 24.3 Å². The normalized spacial score (nSPS) is 9.48. The second-order valence-electron chi connectivity index (χ2n) is 4.90. The van der Waals surface area contributed by atoms with E-state index in [4.69, 9.17) is 0 Å². The van der Waals surface area contributed by atoms with Crippen LogP contribution >= 0.6 is 0 Å². The number of hydrogen-bond acceptors (Lipinski definition) is 3. The van der Waals surface area contributed by atoms with Crippen LogP contribution in [0.3, 0.4) is 0 Å². The predicted molar refractivity (Wildman–Crippen MR) is 114 cm³/mol. The van der Waals surface area contributed by atoms with Gasteiger partial charge in [0.05, 0.1) is 11.4 Å². The van der Waals surface area contributed by atoms with E-state index in [0.29, 0.717) is 11.3 Å². The summed E-state index contributed by atoms with van der Waals surface area (Å²) in [6.07, 6.45) is 0. The van der Waals surface area contributed by atoms with Crippen LogP contribution in [0.4, 0.5) is 17.1 Å². The van der Waals surface area contributed by atoms with Crippen molar-refractivity contribution in [2.45, 2.75) is 27.7 Å². The van der Waals surface area contributed by atoms with E-state index in [1.165, 1.54) is 0 Å². The topological polar surface area (TPSA) is 53.8 Å². The summed E-state index contributed by atoms with van der Waals surface area (Å²) in [6.45, 7) is 8.00. The van der Waals surface area contributed by atoms with Gasteiger partial charge in [-0.2, -0.15) is 10.2 Å². The van der Waals surface area contributed by atoms with Crippen molar-refractivity contribution in [2.75, 3.05) is 5.32 Å². The van der Waals surface area contributed by atoms with Crippen LogP contribution in [-0.4, -0.2) is 5.91 Å². The Kier molecular flexibility index (Phi) is 10.5. The molecule has 3 aromatic carbocycles. The molecule has 0 saturated heterocycles. The summed E-state index contributed by atoms with van der Waals surface area (Å²) in [4.78, 5) is 12.1. The molecule has 0 unspecified atom stereocenters. The maximum Gasteiger partial charge on any atom is 0.255 e. The van der Waals surface area contributed by atoms with Crippen molar-refractivity contribution in [3.05, 3.63) is 90.5 Å². The SMILES string of the molecule is CC.CC.O=C(Nc1ccccc1)c1ccc(N=Nc2ccccc2)cc1. The zero-order valence-corrected chi connectivity index (χ0v) is 16.4. The van der Waals surface area contributed by atoms with E-state index in [1.807, 2.05) is 88.4 Å². The fraction of sp³-hybridized carbons (Fsp3) is 0.174. The Morgan fingerprint density at radius 1 is 0.630 bits per heavy atom. The average molecular weight is 361 g/mol. The van der Waals surface area contributed by atoms with E-state index in [9.17, 15) is 4.79 Å². The number of hydrogen-bond donors (Lipinski definition) is 1. The lowest BCUT2D eigenvalue weighted by atomic mass is 10.2. The van der Waals surface area contributed by atoms with Gasteiger partial charge in [-0.25, -0.2) is 0 Å². The van der Waals surface area contributed by atoms with E-state index in [2.05, 4.69) is 15.5 Å². The summed E-state index contributed by atoms with van der Waals surface area (Å²) in [5.74, 6) is -0.150. The quantitative estimate of drug-likeness (QED) is 0.483. The molecule has 1 N–H and O–H groups in total. The lowest BCUT2D eigenvalue weighted by Gasteiger charge is -2.04. The minimum absolute atomic E-state index is 0.150. The predicted octanol–water partition coefficient (Wildman–Crippen LogP) is 7.41. The van der Waals surface area contributed by atoms with Gasteiger partial charge in [0.15, 0.2) is 0 Å². The van der Waals surface area contributed by atoms with Gasteiger partial charge in [0.25, 0.3) is 5.91 Å². The molecule has 3 rings (SSSR count). The molecule has 27 heavy (non-hydrogen) atoms. The van der Waals surface area contributed by atoms with Crippen molar-refractivity contribution in [1.82, 2.24) is 0 Å². The number of nitrogens with zero attached hydrogens (tertiary/aromatic N) is 2. The molecule has 0 aromatic heterocycles. The number of rotatable bonds is 4. The van der Waals surface area contributed by atoms with Gasteiger partial charge in [-0.05, 0) is 48.5 Å². The highest BCUT2D eigenvalue weighted by atomic mass is 16.1. The van der Waals surface area contributed by atoms with Crippen molar-refractivity contribution in [3.8, 4) is 0 Å². The van der Waals surface area contributed by atoms with Crippen LogP contribution in [0.1, 0.15) is 38.1 Å². The van der Waals surface area contributed by atoms with Gasteiger partial charge in [0.2, 0.25) is 0 Å². The molecule has 0 aliphatic rings. The lowest BCUT2D eigenvalue weighted by Crippen LogP contribution is -2.11. The zero-order valence-electron chi connectivity index (χ0n) is 16.4. The summed E-state index contributed by atoms with van der Waals surface area (Å²) in [5.41, 5.74) is 2.83. The molecule has 4 heteroatoms. The Labute approximate surface area is 162 Å². The van der Waals surface area contributed by atoms with Crippen LogP contribution < -0.4 is 5.32 Å². The number of anilines is 1. The maximum absolute atomic E-state index is 12.1. The van der Waals surface area contributed by atoms with Crippen LogP contribution in [0.25, 0.3) is 0 Å². The highest BCUT2D eigenvalue weighted by Gasteiger charge is 2.05. The first kappa shape index (κ1) is 21.8. The molecule has 3 aromatic rings. The molecule has 0 radical (unpaired) electrons. The first-order chi connectivity index (χ1) is 13.3. The number of para-hydroxylation sites is 1. The third kappa shape index (κ3) is 7.65. The van der Waals surface area contributed by atoms with E-state index >= 15 is 0 Å². The molecular formula is C23H27N3O. The van der Waals surface area contributed by atoms with Crippen molar-refractivity contribution in [3.63, 3.8) is 0 Å². The van der Waals surface area contributed by atoms with Crippen LogP contribution in [0, 0.1) is 0 Å². The summed E-state index contributed by atoms with van der Waals surface area (Å²) in [7, 11) is 0. The van der Waals surface area contributed by atoms with Crippen LogP contribution in [0.2, 0.25) is 0 Å². The molecule has 0 saturated carbocycles. The number of amides is 1. The summed E-state index contributed by atoms with van der Waals surface area (Å²) in [5, 5.41) is 11.1. The molecule has 0 bridgehead atoms.